The number of carbonyl (C=O) groups is 1. The lowest BCUT2D eigenvalue weighted by atomic mass is 10.1. The van der Waals surface area contributed by atoms with E-state index in [9.17, 15) is 4.79 Å². The fourth-order valence-electron chi connectivity index (χ4n) is 3.88. The second kappa shape index (κ2) is 13.2. The highest BCUT2D eigenvalue weighted by molar-refractivity contribution is 14.0. The second-order valence-electron chi connectivity index (χ2n) is 9.07. The van der Waals surface area contributed by atoms with E-state index in [-0.39, 0.29) is 36.0 Å². The molecule has 2 fully saturated rings. The van der Waals surface area contributed by atoms with Gasteiger partial charge in [0.2, 0.25) is 11.8 Å². The number of hydrogen-bond acceptors (Lipinski definition) is 5. The summed E-state index contributed by atoms with van der Waals surface area (Å²) in [5.74, 6) is 2.29. The number of nitrogens with zero attached hydrogens (tertiary/aromatic N) is 4. The van der Waals surface area contributed by atoms with Gasteiger partial charge in [0.25, 0.3) is 0 Å². The molecule has 1 amide bonds. The average molecular weight is 559 g/mol. The number of hydrogen-bond donors (Lipinski definition) is 2. The van der Waals surface area contributed by atoms with Crippen molar-refractivity contribution in [3.8, 4) is 5.88 Å². The van der Waals surface area contributed by atoms with E-state index < -0.39 is 0 Å². The zero-order valence-corrected chi connectivity index (χ0v) is 22.2. The van der Waals surface area contributed by atoms with Crippen molar-refractivity contribution < 1.29 is 9.53 Å². The maximum absolute atomic E-state index is 12.0. The van der Waals surface area contributed by atoms with Crippen molar-refractivity contribution in [1.29, 1.82) is 0 Å². The zero-order valence-electron chi connectivity index (χ0n) is 19.8. The van der Waals surface area contributed by atoms with Crippen LogP contribution in [0.4, 0.5) is 0 Å². The molecule has 9 heteroatoms. The van der Waals surface area contributed by atoms with Gasteiger partial charge in [-0.3, -0.25) is 14.7 Å². The number of aliphatic imine (C=N–C) groups is 1. The summed E-state index contributed by atoms with van der Waals surface area (Å²) in [6, 6.07) is 4.42. The number of aromatic nitrogens is 1. The molecule has 1 aromatic heterocycles. The molecule has 180 valence electrons. The van der Waals surface area contributed by atoms with Gasteiger partial charge in [0.05, 0.1) is 12.6 Å². The van der Waals surface area contributed by atoms with E-state index in [1.54, 1.807) is 6.20 Å². The van der Waals surface area contributed by atoms with Gasteiger partial charge in [0.1, 0.15) is 0 Å². The Labute approximate surface area is 209 Å². The molecular formula is C23H39IN6O2. The number of nitrogens with one attached hydrogen (secondary N) is 2. The lowest BCUT2D eigenvalue weighted by Crippen LogP contribution is -2.54. The highest BCUT2D eigenvalue weighted by atomic mass is 127. The second-order valence-corrected chi connectivity index (χ2v) is 9.07. The summed E-state index contributed by atoms with van der Waals surface area (Å²) in [6.45, 7) is 11.1. The molecular weight excluding hydrogens is 519 g/mol. The minimum Gasteiger partial charge on any atom is -0.475 e. The molecule has 0 aromatic carbocycles. The summed E-state index contributed by atoms with van der Waals surface area (Å²) >= 11 is 0. The smallest absolute Gasteiger partial charge is 0.234 e. The molecule has 1 aliphatic heterocycles. The average Bonchev–Trinajstić information content (AvgIpc) is 3.53. The van der Waals surface area contributed by atoms with Gasteiger partial charge in [-0.25, -0.2) is 4.98 Å². The van der Waals surface area contributed by atoms with Crippen LogP contribution >= 0.6 is 24.0 Å². The largest absolute Gasteiger partial charge is 0.475 e. The zero-order chi connectivity index (χ0) is 22.2. The predicted octanol–water partition coefficient (Wildman–Crippen LogP) is 2.48. The predicted molar refractivity (Wildman–Crippen MR) is 139 cm³/mol. The topological polar surface area (TPSA) is 82.1 Å². The normalized spacial score (nSPS) is 18.2. The summed E-state index contributed by atoms with van der Waals surface area (Å²) in [5.41, 5.74) is 1.11. The molecule has 1 unspecified atom stereocenters. The Morgan fingerprint density at radius 2 is 1.97 bits per heavy atom. The summed E-state index contributed by atoms with van der Waals surface area (Å²) in [7, 11) is 1.81. The first-order chi connectivity index (χ1) is 14.9. The Kier molecular flexibility index (Phi) is 11.0. The summed E-state index contributed by atoms with van der Waals surface area (Å²) in [4.78, 5) is 25.3. The number of piperazine rings is 1. The molecule has 32 heavy (non-hydrogen) atoms. The molecule has 8 nitrogen and oxygen atoms in total. The molecule has 0 bridgehead atoms. The lowest BCUT2D eigenvalue weighted by molar-refractivity contribution is -0.122. The Bertz CT molecular complexity index is 748. The SMILES string of the molecule is CN=C(NCc1ccnc(OC(C)CC(C)C)c1)N1CCN(CC(=O)NC2CC2)CC1.I. The molecule has 1 aromatic rings. The highest BCUT2D eigenvalue weighted by Crippen LogP contribution is 2.18. The van der Waals surface area contributed by atoms with Crippen LogP contribution in [0.15, 0.2) is 23.3 Å². The van der Waals surface area contributed by atoms with Crippen molar-refractivity contribution >= 4 is 35.8 Å². The van der Waals surface area contributed by atoms with Crippen molar-refractivity contribution in [3.63, 3.8) is 0 Å². The van der Waals surface area contributed by atoms with Gasteiger partial charge in [0, 0.05) is 58.1 Å². The van der Waals surface area contributed by atoms with E-state index in [2.05, 4.69) is 51.2 Å². The molecule has 1 atom stereocenters. The van der Waals surface area contributed by atoms with Gasteiger partial charge in [-0.1, -0.05) is 13.8 Å². The van der Waals surface area contributed by atoms with E-state index in [0.717, 1.165) is 57.0 Å². The van der Waals surface area contributed by atoms with Crippen molar-refractivity contribution in [2.75, 3.05) is 39.8 Å². The Morgan fingerprint density at radius 3 is 2.59 bits per heavy atom. The first kappa shape index (κ1) is 26.6. The summed E-state index contributed by atoms with van der Waals surface area (Å²) < 4.78 is 5.97. The lowest BCUT2D eigenvalue weighted by Gasteiger charge is -2.36. The Morgan fingerprint density at radius 1 is 1.25 bits per heavy atom. The van der Waals surface area contributed by atoms with Gasteiger partial charge >= 0.3 is 0 Å². The standard InChI is InChI=1S/C23H38N6O2.HI/c1-17(2)13-18(3)31-22-14-19(7-8-25-22)15-26-23(24-4)29-11-9-28(10-12-29)16-21(30)27-20-5-6-20;/h7-8,14,17-18,20H,5-6,9-13,15-16H2,1-4H3,(H,24,26)(H,27,30);1H. The number of guanidine groups is 1. The van der Waals surface area contributed by atoms with Crippen molar-refractivity contribution in [2.45, 2.75) is 58.7 Å². The number of pyridine rings is 1. The third-order valence-corrected chi connectivity index (χ3v) is 5.57. The van der Waals surface area contributed by atoms with Crippen LogP contribution in [0, 0.1) is 5.92 Å². The van der Waals surface area contributed by atoms with Gasteiger partial charge in [0.15, 0.2) is 5.96 Å². The first-order valence-corrected chi connectivity index (χ1v) is 11.5. The van der Waals surface area contributed by atoms with E-state index in [0.29, 0.717) is 30.9 Å². The molecule has 1 saturated carbocycles. The van der Waals surface area contributed by atoms with E-state index >= 15 is 0 Å². The molecule has 1 aliphatic carbocycles. The van der Waals surface area contributed by atoms with Crippen LogP contribution < -0.4 is 15.4 Å². The first-order valence-electron chi connectivity index (χ1n) is 11.5. The summed E-state index contributed by atoms with van der Waals surface area (Å²) in [5, 5.41) is 6.52. The fourth-order valence-corrected chi connectivity index (χ4v) is 3.88. The quantitative estimate of drug-likeness (QED) is 0.276. The molecule has 2 aliphatic rings. The maximum atomic E-state index is 12.0. The van der Waals surface area contributed by atoms with E-state index in [1.807, 2.05) is 19.2 Å². The van der Waals surface area contributed by atoms with Crippen LogP contribution in [0.5, 0.6) is 5.88 Å². The monoisotopic (exact) mass is 558 g/mol. The van der Waals surface area contributed by atoms with Crippen LogP contribution in [0.2, 0.25) is 0 Å². The Balaban J connectivity index is 0.00000363. The third-order valence-electron chi connectivity index (χ3n) is 5.57. The fraction of sp³-hybridized carbons (Fsp3) is 0.696. The molecule has 1 saturated heterocycles. The molecule has 2 N–H and O–H groups in total. The third kappa shape index (κ3) is 9.09. The van der Waals surface area contributed by atoms with Crippen LogP contribution in [-0.2, 0) is 11.3 Å². The number of ether oxygens (including phenoxy) is 1. The molecule has 3 rings (SSSR count). The van der Waals surface area contributed by atoms with Crippen LogP contribution in [0.3, 0.4) is 0 Å². The van der Waals surface area contributed by atoms with Crippen molar-refractivity contribution in [3.05, 3.63) is 23.9 Å². The minimum atomic E-state index is 0. The summed E-state index contributed by atoms with van der Waals surface area (Å²) in [6.07, 6.45) is 5.20. The van der Waals surface area contributed by atoms with Gasteiger partial charge in [-0.2, -0.15) is 0 Å². The number of carbonyl (C=O) groups excluding carboxylic acids is 1. The number of rotatable bonds is 9. The van der Waals surface area contributed by atoms with E-state index in [1.165, 1.54) is 0 Å². The van der Waals surface area contributed by atoms with E-state index in [4.69, 9.17) is 4.74 Å². The van der Waals surface area contributed by atoms with Crippen LogP contribution in [0.1, 0.15) is 45.6 Å². The van der Waals surface area contributed by atoms with Gasteiger partial charge in [-0.15, -0.1) is 24.0 Å². The highest BCUT2D eigenvalue weighted by Gasteiger charge is 2.25. The van der Waals surface area contributed by atoms with Crippen molar-refractivity contribution in [1.82, 2.24) is 25.4 Å². The minimum absolute atomic E-state index is 0. The van der Waals surface area contributed by atoms with Crippen LogP contribution in [-0.4, -0.2) is 78.6 Å². The van der Waals surface area contributed by atoms with Gasteiger partial charge < -0.3 is 20.3 Å². The van der Waals surface area contributed by atoms with Crippen LogP contribution in [0.25, 0.3) is 0 Å². The Hall–Kier alpha value is -1.62. The molecule has 0 radical (unpaired) electrons. The molecule has 2 heterocycles. The number of amides is 1. The number of halogens is 1. The maximum Gasteiger partial charge on any atom is 0.234 e. The van der Waals surface area contributed by atoms with Gasteiger partial charge in [-0.05, 0) is 43.7 Å². The van der Waals surface area contributed by atoms with Crippen molar-refractivity contribution in [2.24, 2.45) is 10.9 Å². The molecule has 0 spiro atoms.